The topological polar surface area (TPSA) is 51.0 Å². The van der Waals surface area contributed by atoms with Crippen molar-refractivity contribution in [1.29, 1.82) is 0 Å². The van der Waals surface area contributed by atoms with Crippen LogP contribution in [0.2, 0.25) is 0 Å². The Balaban J connectivity index is 1.60. The maximum absolute atomic E-state index is 12.8. The Morgan fingerprint density at radius 3 is 2.90 bits per heavy atom. The molecule has 3 rings (SSSR count). The monoisotopic (exact) mass is 275 g/mol. The summed E-state index contributed by atoms with van der Waals surface area (Å²) < 4.78 is 18.1. The summed E-state index contributed by atoms with van der Waals surface area (Å²) >= 11 is 0. The van der Waals surface area contributed by atoms with Gasteiger partial charge in [0.2, 0.25) is 5.89 Å². The van der Waals surface area contributed by atoms with Crippen LogP contribution in [0.4, 0.5) is 4.39 Å². The van der Waals surface area contributed by atoms with Crippen molar-refractivity contribution in [2.24, 2.45) is 5.92 Å². The quantitative estimate of drug-likeness (QED) is 0.930. The van der Waals surface area contributed by atoms with Crippen molar-refractivity contribution in [2.75, 3.05) is 13.1 Å². The normalized spacial score (nSPS) is 19.1. The number of rotatable bonds is 4. The van der Waals surface area contributed by atoms with E-state index in [4.69, 9.17) is 4.52 Å². The third-order valence-corrected chi connectivity index (χ3v) is 3.65. The van der Waals surface area contributed by atoms with E-state index in [1.165, 1.54) is 25.0 Å². The largest absolute Gasteiger partial charge is 0.339 e. The predicted octanol–water partition coefficient (Wildman–Crippen LogP) is 2.34. The zero-order chi connectivity index (χ0) is 13.8. The summed E-state index contributed by atoms with van der Waals surface area (Å²) in [5, 5.41) is 7.42. The number of hydrogen-bond acceptors (Lipinski definition) is 4. The van der Waals surface area contributed by atoms with E-state index in [2.05, 4.69) is 15.5 Å². The zero-order valence-electron chi connectivity index (χ0n) is 11.3. The minimum Gasteiger partial charge on any atom is -0.339 e. The minimum atomic E-state index is -0.232. The number of piperidine rings is 1. The molecule has 0 aliphatic carbocycles. The standard InChI is InChI=1S/C15H18FN3O/c16-13-5-3-11(4-6-13)9-15-18-14(19-20-15)8-12-2-1-7-17-10-12/h3-6,12,17H,1-2,7-10H2. The first kappa shape index (κ1) is 13.2. The number of nitrogens with zero attached hydrogens (tertiary/aromatic N) is 2. The number of hydrogen-bond donors (Lipinski definition) is 1. The molecule has 1 fully saturated rings. The van der Waals surface area contributed by atoms with Crippen LogP contribution >= 0.6 is 0 Å². The first-order valence-electron chi connectivity index (χ1n) is 7.06. The van der Waals surface area contributed by atoms with Crippen molar-refractivity contribution in [1.82, 2.24) is 15.5 Å². The molecule has 0 amide bonds. The number of benzene rings is 1. The third kappa shape index (κ3) is 3.42. The molecule has 4 nitrogen and oxygen atoms in total. The van der Waals surface area contributed by atoms with Crippen LogP contribution in [-0.4, -0.2) is 23.2 Å². The fourth-order valence-corrected chi connectivity index (χ4v) is 2.58. The highest BCUT2D eigenvalue weighted by Gasteiger charge is 2.17. The van der Waals surface area contributed by atoms with E-state index < -0.39 is 0 Å². The molecule has 1 N–H and O–H groups in total. The highest BCUT2D eigenvalue weighted by Crippen LogP contribution is 2.15. The molecule has 0 radical (unpaired) electrons. The molecular weight excluding hydrogens is 257 g/mol. The maximum atomic E-state index is 12.8. The van der Waals surface area contributed by atoms with Crippen LogP contribution in [0, 0.1) is 11.7 Å². The summed E-state index contributed by atoms with van der Waals surface area (Å²) in [5.74, 6) is 1.73. The van der Waals surface area contributed by atoms with E-state index >= 15 is 0 Å². The first-order chi connectivity index (χ1) is 9.79. The van der Waals surface area contributed by atoms with Crippen LogP contribution in [0.15, 0.2) is 28.8 Å². The molecule has 0 spiro atoms. The fourth-order valence-electron chi connectivity index (χ4n) is 2.58. The minimum absolute atomic E-state index is 0.232. The van der Waals surface area contributed by atoms with Gasteiger partial charge in [-0.05, 0) is 49.5 Å². The summed E-state index contributed by atoms with van der Waals surface area (Å²) in [4.78, 5) is 4.42. The van der Waals surface area contributed by atoms with E-state index in [0.717, 1.165) is 30.9 Å². The predicted molar refractivity (Wildman–Crippen MR) is 72.8 cm³/mol. The van der Waals surface area contributed by atoms with Gasteiger partial charge in [-0.3, -0.25) is 0 Å². The van der Waals surface area contributed by atoms with E-state index in [0.29, 0.717) is 18.2 Å². The molecule has 20 heavy (non-hydrogen) atoms. The molecule has 1 aliphatic heterocycles. The lowest BCUT2D eigenvalue weighted by atomic mass is 9.96. The molecule has 106 valence electrons. The molecule has 0 saturated carbocycles. The van der Waals surface area contributed by atoms with E-state index in [1.54, 1.807) is 12.1 Å². The molecule has 1 aliphatic rings. The van der Waals surface area contributed by atoms with Gasteiger partial charge in [0.05, 0.1) is 6.42 Å². The molecule has 1 atom stereocenters. The van der Waals surface area contributed by atoms with Crippen LogP contribution in [0.1, 0.15) is 30.1 Å². The summed E-state index contributed by atoms with van der Waals surface area (Å²) in [5.41, 5.74) is 0.973. The summed E-state index contributed by atoms with van der Waals surface area (Å²) in [6.07, 6.45) is 3.84. The van der Waals surface area contributed by atoms with Gasteiger partial charge in [0, 0.05) is 6.42 Å². The van der Waals surface area contributed by atoms with Gasteiger partial charge in [0.15, 0.2) is 5.82 Å². The Morgan fingerprint density at radius 1 is 1.30 bits per heavy atom. The van der Waals surface area contributed by atoms with E-state index in [1.807, 2.05) is 0 Å². The first-order valence-corrected chi connectivity index (χ1v) is 7.06. The van der Waals surface area contributed by atoms with Gasteiger partial charge < -0.3 is 9.84 Å². The molecule has 2 aromatic rings. The Kier molecular flexibility index (Phi) is 4.06. The molecule has 2 heterocycles. The van der Waals surface area contributed by atoms with E-state index in [9.17, 15) is 4.39 Å². The number of halogens is 1. The van der Waals surface area contributed by atoms with Crippen molar-refractivity contribution in [3.05, 3.63) is 47.4 Å². The van der Waals surface area contributed by atoms with Gasteiger partial charge in [0.1, 0.15) is 5.82 Å². The van der Waals surface area contributed by atoms with Crippen molar-refractivity contribution < 1.29 is 8.91 Å². The second-order valence-electron chi connectivity index (χ2n) is 5.32. The average Bonchev–Trinajstić information content (AvgIpc) is 2.90. The van der Waals surface area contributed by atoms with Crippen molar-refractivity contribution in [2.45, 2.75) is 25.7 Å². The zero-order valence-corrected chi connectivity index (χ0v) is 11.3. The lowest BCUT2D eigenvalue weighted by molar-refractivity contribution is 0.351. The number of nitrogens with one attached hydrogen (secondary N) is 1. The van der Waals surface area contributed by atoms with Gasteiger partial charge in [-0.15, -0.1) is 0 Å². The molecule has 1 saturated heterocycles. The highest BCUT2D eigenvalue weighted by molar-refractivity contribution is 5.19. The SMILES string of the molecule is Fc1ccc(Cc2nc(CC3CCCNC3)no2)cc1. The van der Waals surface area contributed by atoms with Crippen LogP contribution in [0.25, 0.3) is 0 Å². The Morgan fingerprint density at radius 2 is 2.15 bits per heavy atom. The van der Waals surface area contributed by atoms with Crippen molar-refractivity contribution in [3.8, 4) is 0 Å². The Hall–Kier alpha value is -1.75. The van der Waals surface area contributed by atoms with Gasteiger partial charge >= 0.3 is 0 Å². The fraction of sp³-hybridized carbons (Fsp3) is 0.467. The van der Waals surface area contributed by atoms with E-state index in [-0.39, 0.29) is 5.82 Å². The van der Waals surface area contributed by atoms with Gasteiger partial charge in [-0.1, -0.05) is 17.3 Å². The van der Waals surface area contributed by atoms with Gasteiger partial charge in [0.25, 0.3) is 0 Å². The van der Waals surface area contributed by atoms with Gasteiger partial charge in [-0.25, -0.2) is 4.39 Å². The third-order valence-electron chi connectivity index (χ3n) is 3.65. The molecule has 1 aromatic carbocycles. The van der Waals surface area contributed by atoms with Crippen LogP contribution in [0.3, 0.4) is 0 Å². The number of aromatic nitrogens is 2. The lowest BCUT2D eigenvalue weighted by Crippen LogP contribution is -2.31. The highest BCUT2D eigenvalue weighted by atomic mass is 19.1. The Bertz CT molecular complexity index is 547. The molecule has 1 unspecified atom stereocenters. The van der Waals surface area contributed by atoms with Crippen LogP contribution in [-0.2, 0) is 12.8 Å². The average molecular weight is 275 g/mol. The molecule has 1 aromatic heterocycles. The lowest BCUT2D eigenvalue weighted by Gasteiger charge is -2.20. The van der Waals surface area contributed by atoms with Crippen LogP contribution < -0.4 is 5.32 Å². The maximum Gasteiger partial charge on any atom is 0.231 e. The summed E-state index contributed by atoms with van der Waals surface area (Å²) in [6.45, 7) is 2.14. The second kappa shape index (κ2) is 6.13. The second-order valence-corrected chi connectivity index (χ2v) is 5.32. The summed E-state index contributed by atoms with van der Waals surface area (Å²) in [6, 6.07) is 6.37. The molecular formula is C15H18FN3O. The molecule has 0 bridgehead atoms. The smallest absolute Gasteiger partial charge is 0.231 e. The van der Waals surface area contributed by atoms with Gasteiger partial charge in [-0.2, -0.15) is 4.98 Å². The molecule has 5 heteroatoms. The van der Waals surface area contributed by atoms with Crippen molar-refractivity contribution in [3.63, 3.8) is 0 Å². The van der Waals surface area contributed by atoms with Crippen molar-refractivity contribution >= 4 is 0 Å². The Labute approximate surface area is 117 Å². The van der Waals surface area contributed by atoms with Crippen LogP contribution in [0.5, 0.6) is 0 Å². The summed E-state index contributed by atoms with van der Waals surface area (Å²) in [7, 11) is 0.